The first-order chi connectivity index (χ1) is 14.4. The van der Waals surface area contributed by atoms with Gasteiger partial charge in [0.25, 0.3) is 0 Å². The molecular weight excluding hydrogens is 374 g/mol. The lowest BCUT2D eigenvalue weighted by molar-refractivity contribution is -0.121. The van der Waals surface area contributed by atoms with Crippen molar-refractivity contribution in [3.05, 3.63) is 66.2 Å². The summed E-state index contributed by atoms with van der Waals surface area (Å²) < 4.78 is 0. The molecule has 156 valence electrons. The number of nitrogens with one attached hydrogen (secondary N) is 1. The van der Waals surface area contributed by atoms with Crippen LogP contribution in [0.1, 0.15) is 29.9 Å². The second kappa shape index (κ2) is 7.63. The summed E-state index contributed by atoms with van der Waals surface area (Å²) in [6, 6.07) is 14.4. The zero-order valence-corrected chi connectivity index (χ0v) is 17.9. The van der Waals surface area contributed by atoms with Crippen LogP contribution in [0.15, 0.2) is 55.1 Å². The van der Waals surface area contributed by atoms with Gasteiger partial charge in [0.15, 0.2) is 5.78 Å². The van der Waals surface area contributed by atoms with Gasteiger partial charge in [0, 0.05) is 37.7 Å². The SMILES string of the molecule is C=CC(=O)C1CCCN(c2ccc(C)cc2)C12Nc1cc(N(C)C)ccc1C2C=O. The lowest BCUT2D eigenvalue weighted by Crippen LogP contribution is -2.65. The third-order valence-electron chi connectivity index (χ3n) is 6.58. The number of anilines is 3. The lowest BCUT2D eigenvalue weighted by Gasteiger charge is -2.52. The minimum absolute atomic E-state index is 0.0215. The number of allylic oxidation sites excluding steroid dienone is 1. The number of ketones is 1. The number of piperidine rings is 1. The molecule has 0 saturated carbocycles. The highest BCUT2D eigenvalue weighted by molar-refractivity contribution is 5.96. The van der Waals surface area contributed by atoms with E-state index in [1.807, 2.05) is 31.1 Å². The van der Waals surface area contributed by atoms with Crippen LogP contribution in [0.5, 0.6) is 0 Å². The van der Waals surface area contributed by atoms with Crippen LogP contribution in [0, 0.1) is 12.8 Å². The van der Waals surface area contributed by atoms with Crippen molar-refractivity contribution in [2.75, 3.05) is 35.8 Å². The van der Waals surface area contributed by atoms with E-state index in [2.05, 4.69) is 54.1 Å². The molecule has 3 unspecified atom stereocenters. The summed E-state index contributed by atoms with van der Waals surface area (Å²) in [5.74, 6) is -0.846. The van der Waals surface area contributed by atoms with Gasteiger partial charge < -0.3 is 19.9 Å². The van der Waals surface area contributed by atoms with Crippen molar-refractivity contribution < 1.29 is 9.59 Å². The number of fused-ring (bicyclic) bond motifs is 1. The molecule has 30 heavy (non-hydrogen) atoms. The maximum absolute atomic E-state index is 13.0. The van der Waals surface area contributed by atoms with Gasteiger partial charge in [-0.3, -0.25) is 4.79 Å². The maximum Gasteiger partial charge on any atom is 0.162 e. The minimum atomic E-state index is -0.839. The third-order valence-corrected chi connectivity index (χ3v) is 6.58. The smallest absolute Gasteiger partial charge is 0.162 e. The number of carbonyl (C=O) groups excluding carboxylic acids is 2. The van der Waals surface area contributed by atoms with E-state index in [-0.39, 0.29) is 11.7 Å². The van der Waals surface area contributed by atoms with Gasteiger partial charge in [0.05, 0.1) is 11.8 Å². The van der Waals surface area contributed by atoms with Crippen molar-refractivity contribution >= 4 is 29.1 Å². The van der Waals surface area contributed by atoms with Crippen LogP contribution in [0.4, 0.5) is 17.1 Å². The van der Waals surface area contributed by atoms with Gasteiger partial charge in [0.2, 0.25) is 0 Å². The molecule has 2 heterocycles. The van der Waals surface area contributed by atoms with Crippen LogP contribution in [-0.4, -0.2) is 38.4 Å². The predicted molar refractivity (Wildman–Crippen MR) is 122 cm³/mol. The minimum Gasteiger partial charge on any atom is -0.378 e. The normalized spacial score (nSPS) is 24.8. The molecule has 0 aromatic heterocycles. The first-order valence-corrected chi connectivity index (χ1v) is 10.5. The Hall–Kier alpha value is -3.08. The fourth-order valence-corrected chi connectivity index (χ4v) is 5.06. The molecule has 1 spiro atoms. The Morgan fingerprint density at radius 2 is 1.97 bits per heavy atom. The summed E-state index contributed by atoms with van der Waals surface area (Å²) in [4.78, 5) is 29.8. The van der Waals surface area contributed by atoms with E-state index in [1.165, 1.54) is 11.6 Å². The van der Waals surface area contributed by atoms with Gasteiger partial charge in [0.1, 0.15) is 11.9 Å². The molecule has 0 amide bonds. The zero-order chi connectivity index (χ0) is 21.5. The zero-order valence-electron chi connectivity index (χ0n) is 17.9. The van der Waals surface area contributed by atoms with Gasteiger partial charge in [-0.05, 0) is 55.7 Å². The average Bonchev–Trinajstić information content (AvgIpc) is 3.07. The standard InChI is InChI=1S/C25H29N3O2/c1-5-24(30)21-7-6-14-28(18-10-8-17(2)9-11-18)25(21)22(16-29)20-13-12-19(27(3)4)15-23(20)26-25/h5,8-13,15-16,21-22,26H,1,6-7,14H2,2-4H3. The van der Waals surface area contributed by atoms with E-state index < -0.39 is 11.6 Å². The molecule has 2 aliphatic heterocycles. The third kappa shape index (κ3) is 3.00. The second-order valence-electron chi connectivity index (χ2n) is 8.52. The molecule has 0 radical (unpaired) electrons. The molecule has 1 N–H and O–H groups in total. The number of aryl methyl sites for hydroxylation is 1. The Bertz CT molecular complexity index is 982. The van der Waals surface area contributed by atoms with Crippen molar-refractivity contribution in [3.63, 3.8) is 0 Å². The maximum atomic E-state index is 13.0. The number of nitrogens with zero attached hydrogens (tertiary/aromatic N) is 2. The summed E-state index contributed by atoms with van der Waals surface area (Å²) in [6.45, 7) is 6.58. The van der Waals surface area contributed by atoms with Crippen LogP contribution in [0.25, 0.3) is 0 Å². The van der Waals surface area contributed by atoms with Crippen molar-refractivity contribution in [2.24, 2.45) is 5.92 Å². The Kier molecular flexibility index (Phi) is 5.14. The molecule has 1 saturated heterocycles. The van der Waals surface area contributed by atoms with Gasteiger partial charge in [-0.2, -0.15) is 0 Å². The van der Waals surface area contributed by atoms with Gasteiger partial charge in [-0.1, -0.05) is 30.3 Å². The highest BCUT2D eigenvalue weighted by Crippen LogP contribution is 2.52. The summed E-state index contributed by atoms with van der Waals surface area (Å²) in [5.41, 5.74) is 4.26. The number of aldehydes is 1. The van der Waals surface area contributed by atoms with E-state index in [0.717, 1.165) is 48.3 Å². The summed E-state index contributed by atoms with van der Waals surface area (Å²) >= 11 is 0. The Morgan fingerprint density at radius 1 is 1.23 bits per heavy atom. The van der Waals surface area contributed by atoms with E-state index in [0.29, 0.717) is 0 Å². The number of benzene rings is 2. The molecule has 3 atom stereocenters. The van der Waals surface area contributed by atoms with Crippen molar-refractivity contribution in [1.29, 1.82) is 0 Å². The molecule has 1 fully saturated rings. The molecule has 2 aromatic carbocycles. The molecule has 2 aromatic rings. The summed E-state index contributed by atoms with van der Waals surface area (Å²) in [7, 11) is 3.99. The van der Waals surface area contributed by atoms with E-state index >= 15 is 0 Å². The van der Waals surface area contributed by atoms with Crippen LogP contribution in [0.3, 0.4) is 0 Å². The van der Waals surface area contributed by atoms with E-state index in [1.54, 1.807) is 0 Å². The molecule has 5 heteroatoms. The molecule has 2 aliphatic rings. The number of hydrogen-bond donors (Lipinski definition) is 1. The van der Waals surface area contributed by atoms with Gasteiger partial charge in [-0.25, -0.2) is 0 Å². The largest absolute Gasteiger partial charge is 0.378 e. The topological polar surface area (TPSA) is 52.7 Å². The molecular formula is C25H29N3O2. The number of carbonyl (C=O) groups is 2. The van der Waals surface area contributed by atoms with Crippen LogP contribution >= 0.6 is 0 Å². The fourth-order valence-electron chi connectivity index (χ4n) is 5.06. The number of hydrogen-bond acceptors (Lipinski definition) is 5. The van der Waals surface area contributed by atoms with Gasteiger partial charge in [-0.15, -0.1) is 0 Å². The molecule has 4 rings (SSSR count). The fraction of sp³-hybridized carbons (Fsp3) is 0.360. The first-order valence-electron chi connectivity index (χ1n) is 10.5. The highest BCUT2D eigenvalue weighted by atomic mass is 16.1. The summed E-state index contributed by atoms with van der Waals surface area (Å²) in [6.07, 6.45) is 4.01. The number of rotatable bonds is 5. The van der Waals surface area contributed by atoms with Crippen LogP contribution in [-0.2, 0) is 9.59 Å². The first kappa shape index (κ1) is 20.2. The van der Waals surface area contributed by atoms with Gasteiger partial charge >= 0.3 is 0 Å². The quantitative estimate of drug-likeness (QED) is 0.601. The highest BCUT2D eigenvalue weighted by Gasteiger charge is 2.58. The van der Waals surface area contributed by atoms with Crippen LogP contribution < -0.4 is 15.1 Å². The monoisotopic (exact) mass is 403 g/mol. The van der Waals surface area contributed by atoms with Crippen molar-refractivity contribution in [1.82, 2.24) is 0 Å². The van der Waals surface area contributed by atoms with E-state index in [4.69, 9.17) is 0 Å². The molecule has 0 aliphatic carbocycles. The van der Waals surface area contributed by atoms with Crippen molar-refractivity contribution in [3.8, 4) is 0 Å². The van der Waals surface area contributed by atoms with E-state index in [9.17, 15) is 9.59 Å². The Labute approximate surface area is 178 Å². The Morgan fingerprint density at radius 3 is 2.60 bits per heavy atom. The average molecular weight is 404 g/mol. The van der Waals surface area contributed by atoms with Crippen LogP contribution in [0.2, 0.25) is 0 Å². The summed E-state index contributed by atoms with van der Waals surface area (Å²) in [5, 5.41) is 3.67. The predicted octanol–water partition coefficient (Wildman–Crippen LogP) is 4.14. The lowest BCUT2D eigenvalue weighted by atomic mass is 9.72. The second-order valence-corrected chi connectivity index (χ2v) is 8.52. The van der Waals surface area contributed by atoms with Crippen molar-refractivity contribution in [2.45, 2.75) is 31.3 Å². The molecule has 5 nitrogen and oxygen atoms in total. The Balaban J connectivity index is 1.90. The molecule has 0 bridgehead atoms.